The Morgan fingerprint density at radius 3 is 2.21 bits per heavy atom. The molecule has 7 nitrogen and oxygen atoms in total. The summed E-state index contributed by atoms with van der Waals surface area (Å²) >= 11 is 2.37. The molecule has 0 bridgehead atoms. The van der Waals surface area contributed by atoms with Crippen LogP contribution in [0.5, 0.6) is 0 Å². The molecule has 0 radical (unpaired) electrons. The van der Waals surface area contributed by atoms with E-state index in [9.17, 15) is 9.90 Å². The Morgan fingerprint density at radius 2 is 1.71 bits per heavy atom. The molecule has 8 heteroatoms. The summed E-state index contributed by atoms with van der Waals surface area (Å²) in [4.78, 5) is 10.9. The third-order valence-electron chi connectivity index (χ3n) is 1.90. The molecule has 0 unspecified atom stereocenters. The fourth-order valence-electron chi connectivity index (χ4n) is 1.10. The van der Waals surface area contributed by atoms with Crippen molar-refractivity contribution >= 4 is 22.2 Å². The predicted molar refractivity (Wildman–Crippen MR) is 43.9 cm³/mol. The molecule has 1 heterocycles. The number of aliphatic hydroxyl groups excluding tert-OH is 4. The minimum atomic E-state index is -1.75. The molecule has 0 amide bonds. The van der Waals surface area contributed by atoms with Crippen molar-refractivity contribution in [2.24, 2.45) is 0 Å². The van der Waals surface area contributed by atoms with E-state index in [1.807, 2.05) is 0 Å². The lowest BCUT2D eigenvalue weighted by molar-refractivity contribution is -0.278. The number of hydrogen-bond acceptors (Lipinski definition) is 7. The van der Waals surface area contributed by atoms with Crippen molar-refractivity contribution in [2.75, 3.05) is 0 Å². The van der Waals surface area contributed by atoms with Gasteiger partial charge in [0, 0.05) is 0 Å². The van der Waals surface area contributed by atoms with Crippen molar-refractivity contribution in [1.29, 1.82) is 0 Å². The van der Waals surface area contributed by atoms with Gasteiger partial charge in [0.1, 0.15) is 18.3 Å². The summed E-state index contributed by atoms with van der Waals surface area (Å²) in [6.07, 6.45) is -8.27. The zero-order valence-electron chi connectivity index (χ0n) is 6.78. The molecule has 1 aliphatic rings. The number of hydrogen-bond donors (Lipinski definition) is 4. The lowest BCUT2D eigenvalue weighted by Gasteiger charge is -2.36. The molecule has 0 saturated carbocycles. The predicted octanol–water partition coefficient (Wildman–Crippen LogP) is -2.36. The number of aliphatic hydroxyl groups is 4. The van der Waals surface area contributed by atoms with Crippen LogP contribution in [0.15, 0.2) is 0 Å². The maximum Gasteiger partial charge on any atom is 0.349 e. The Bertz CT molecular complexity index is 222. The van der Waals surface area contributed by atoms with Gasteiger partial charge >= 0.3 is 5.97 Å². The SMILES string of the molecule is O=C(OBr)[C@H]1O[C@@H](O)[C@H](O)[C@@H](O)[C@@H]1O. The van der Waals surface area contributed by atoms with Gasteiger partial charge in [-0.1, -0.05) is 0 Å². The second-order valence-corrected chi connectivity index (χ2v) is 3.14. The molecule has 1 rings (SSSR count). The second kappa shape index (κ2) is 4.51. The third kappa shape index (κ3) is 2.05. The topological polar surface area (TPSA) is 116 Å². The molecule has 82 valence electrons. The standard InChI is InChI=1S/C6H9BrO7/c7-14-6(12)4-2(9)1(8)3(10)5(11)13-4/h1-5,8-11H/t1-,2-,3+,4-,5+/m0/s1. The highest BCUT2D eigenvalue weighted by Gasteiger charge is 2.46. The van der Waals surface area contributed by atoms with Crippen molar-refractivity contribution in [1.82, 2.24) is 0 Å². The highest BCUT2D eigenvalue weighted by molar-refractivity contribution is 9.06. The second-order valence-electron chi connectivity index (χ2n) is 2.82. The van der Waals surface area contributed by atoms with Crippen LogP contribution in [0, 0.1) is 0 Å². The average Bonchev–Trinajstić information content (AvgIpc) is 2.19. The van der Waals surface area contributed by atoms with Gasteiger partial charge in [-0.25, -0.2) is 4.79 Å². The van der Waals surface area contributed by atoms with Gasteiger partial charge in [0.15, 0.2) is 28.7 Å². The largest absolute Gasteiger partial charge is 0.387 e. The molecule has 1 fully saturated rings. The van der Waals surface area contributed by atoms with E-state index < -0.39 is 36.7 Å². The van der Waals surface area contributed by atoms with Crippen molar-refractivity contribution < 1.29 is 33.8 Å². The zero-order valence-corrected chi connectivity index (χ0v) is 8.36. The number of carbonyl (C=O) groups excluding carboxylic acids is 1. The summed E-state index contributed by atoms with van der Waals surface area (Å²) in [5, 5.41) is 36.5. The van der Waals surface area contributed by atoms with Crippen molar-refractivity contribution in [3.63, 3.8) is 0 Å². The minimum absolute atomic E-state index is 1.01. The highest BCUT2D eigenvalue weighted by Crippen LogP contribution is 2.21. The molecule has 5 atom stereocenters. The monoisotopic (exact) mass is 272 g/mol. The van der Waals surface area contributed by atoms with Crippen LogP contribution >= 0.6 is 16.3 Å². The van der Waals surface area contributed by atoms with Crippen LogP contribution in [-0.4, -0.2) is 57.1 Å². The molecule has 1 saturated heterocycles. The molecule has 4 N–H and O–H groups in total. The van der Waals surface area contributed by atoms with Crippen LogP contribution in [0.4, 0.5) is 0 Å². The fourth-order valence-corrected chi connectivity index (χ4v) is 1.28. The van der Waals surface area contributed by atoms with Crippen molar-refractivity contribution in [3.8, 4) is 0 Å². The van der Waals surface area contributed by atoms with Gasteiger partial charge in [-0.05, 0) is 0 Å². The van der Waals surface area contributed by atoms with E-state index in [1.165, 1.54) is 0 Å². The molecular weight excluding hydrogens is 264 g/mol. The van der Waals surface area contributed by atoms with Gasteiger partial charge < -0.3 is 29.0 Å². The van der Waals surface area contributed by atoms with E-state index in [-0.39, 0.29) is 0 Å². The van der Waals surface area contributed by atoms with Gasteiger partial charge in [-0.15, -0.1) is 0 Å². The number of carbonyl (C=O) groups is 1. The first kappa shape index (κ1) is 11.8. The van der Waals surface area contributed by atoms with Gasteiger partial charge in [0.2, 0.25) is 0 Å². The third-order valence-corrected chi connectivity index (χ3v) is 2.22. The maximum absolute atomic E-state index is 10.9. The zero-order chi connectivity index (χ0) is 10.9. The molecule has 0 spiro atoms. The van der Waals surface area contributed by atoms with Gasteiger partial charge in [0.05, 0.1) is 0 Å². The summed E-state index contributed by atoms with van der Waals surface area (Å²) in [5.41, 5.74) is 0. The lowest BCUT2D eigenvalue weighted by atomic mass is 9.99. The first-order chi connectivity index (χ1) is 6.49. The quantitative estimate of drug-likeness (QED) is 0.422. The van der Waals surface area contributed by atoms with Crippen LogP contribution in [0.25, 0.3) is 0 Å². The average molecular weight is 273 g/mol. The summed E-state index contributed by atoms with van der Waals surface area (Å²) in [7, 11) is 0. The van der Waals surface area contributed by atoms with Crippen LogP contribution in [0.3, 0.4) is 0 Å². The van der Waals surface area contributed by atoms with E-state index in [1.54, 1.807) is 0 Å². The molecule has 0 aliphatic carbocycles. The Morgan fingerprint density at radius 1 is 1.14 bits per heavy atom. The van der Waals surface area contributed by atoms with E-state index >= 15 is 0 Å². The molecule has 0 aromatic heterocycles. The van der Waals surface area contributed by atoms with Gasteiger partial charge in [0.25, 0.3) is 0 Å². The van der Waals surface area contributed by atoms with Gasteiger partial charge in [-0.2, -0.15) is 0 Å². The summed E-state index contributed by atoms with van der Waals surface area (Å²) in [6, 6.07) is 0. The van der Waals surface area contributed by atoms with E-state index in [4.69, 9.17) is 15.3 Å². The van der Waals surface area contributed by atoms with Gasteiger partial charge in [-0.3, -0.25) is 0 Å². The van der Waals surface area contributed by atoms with Crippen LogP contribution < -0.4 is 0 Å². The van der Waals surface area contributed by atoms with Crippen LogP contribution in [0.2, 0.25) is 0 Å². The van der Waals surface area contributed by atoms with E-state index in [0.29, 0.717) is 0 Å². The maximum atomic E-state index is 10.9. The van der Waals surface area contributed by atoms with Crippen LogP contribution in [-0.2, 0) is 13.4 Å². The number of rotatable bonds is 1. The fraction of sp³-hybridized carbons (Fsp3) is 0.833. The van der Waals surface area contributed by atoms with E-state index in [0.717, 1.165) is 0 Å². The molecule has 0 aromatic carbocycles. The van der Waals surface area contributed by atoms with Crippen molar-refractivity contribution in [2.45, 2.75) is 30.7 Å². The first-order valence-electron chi connectivity index (χ1n) is 3.69. The van der Waals surface area contributed by atoms with E-state index in [2.05, 4.69) is 24.8 Å². The molecule has 14 heavy (non-hydrogen) atoms. The highest BCUT2D eigenvalue weighted by atomic mass is 79.9. The Hall–Kier alpha value is -0.250. The summed E-state index contributed by atoms with van der Waals surface area (Å²) in [5.74, 6) is -1.01. The molecule has 0 aromatic rings. The lowest BCUT2D eigenvalue weighted by Crippen LogP contribution is -2.59. The first-order valence-corrected chi connectivity index (χ1v) is 4.34. The number of ether oxygens (including phenoxy) is 1. The minimum Gasteiger partial charge on any atom is -0.387 e. The summed E-state index contributed by atoms with van der Waals surface area (Å²) in [6.45, 7) is 0. The normalized spacial score (nSPS) is 43.4. The molecule has 1 aliphatic heterocycles. The molecular formula is C6H9BrO7. The Labute approximate surface area is 87.3 Å². The Kier molecular flexibility index (Phi) is 3.81. The smallest absolute Gasteiger partial charge is 0.349 e. The Balaban J connectivity index is 2.75. The summed E-state index contributed by atoms with van der Waals surface area (Å²) < 4.78 is 8.60. The van der Waals surface area contributed by atoms with Crippen molar-refractivity contribution in [3.05, 3.63) is 0 Å². The van der Waals surface area contributed by atoms with Crippen LogP contribution in [0.1, 0.15) is 0 Å². The number of halogens is 1.